The van der Waals surface area contributed by atoms with Crippen LogP contribution in [-0.4, -0.2) is 30.7 Å². The Kier molecular flexibility index (Phi) is 3.32. The molecule has 4 nitrogen and oxygen atoms in total. The van der Waals surface area contributed by atoms with Crippen molar-refractivity contribution in [3.63, 3.8) is 0 Å². The van der Waals surface area contributed by atoms with Crippen LogP contribution < -0.4 is 15.4 Å². The first kappa shape index (κ1) is 14.1. The molecule has 0 radical (unpaired) electrons. The number of aromatic amines is 1. The van der Waals surface area contributed by atoms with Crippen LogP contribution in [0.4, 0.5) is 0 Å². The molecule has 5 rings (SSSR count). The largest absolute Gasteiger partial charge is 0.488 e. The molecule has 0 aliphatic carbocycles. The number of H-pyrrole nitrogens is 1. The summed E-state index contributed by atoms with van der Waals surface area (Å²) in [4.78, 5) is 3.63. The minimum Gasteiger partial charge on any atom is -0.488 e. The van der Waals surface area contributed by atoms with Gasteiger partial charge in [0.1, 0.15) is 11.9 Å². The maximum atomic E-state index is 5.92. The average molecular weight is 319 g/mol. The molecular weight excluding hydrogens is 298 g/mol. The molecule has 2 aliphatic rings. The monoisotopic (exact) mass is 319 g/mol. The van der Waals surface area contributed by atoms with Gasteiger partial charge in [0.25, 0.3) is 0 Å². The van der Waals surface area contributed by atoms with Crippen molar-refractivity contribution in [1.82, 2.24) is 15.6 Å². The first-order chi connectivity index (χ1) is 11.9. The smallest absolute Gasteiger partial charge is 0.123 e. The Morgan fingerprint density at radius 3 is 2.58 bits per heavy atom. The van der Waals surface area contributed by atoms with Gasteiger partial charge in [-0.25, -0.2) is 0 Å². The Morgan fingerprint density at radius 2 is 1.79 bits per heavy atom. The molecule has 24 heavy (non-hydrogen) atoms. The van der Waals surface area contributed by atoms with E-state index in [0.717, 1.165) is 31.8 Å². The highest BCUT2D eigenvalue weighted by molar-refractivity contribution is 5.85. The molecule has 0 unspecified atom stereocenters. The standard InChI is InChI=1S/C20H21N3O/c1-2-4-18-16(3-1)17-9-10-22-19(20(17)23-18)13-5-7-14(8-6-13)24-15-11-21-12-15/h1-8,15,19,21-23H,9-12H2/t19-/m0/s1. The van der Waals surface area contributed by atoms with E-state index in [-0.39, 0.29) is 6.04 Å². The average Bonchev–Trinajstić information content (AvgIpc) is 2.97. The number of hydrogen-bond acceptors (Lipinski definition) is 3. The Morgan fingerprint density at radius 1 is 0.958 bits per heavy atom. The summed E-state index contributed by atoms with van der Waals surface area (Å²) in [5, 5.41) is 8.24. The van der Waals surface area contributed by atoms with E-state index in [4.69, 9.17) is 4.74 Å². The fourth-order valence-electron chi connectivity index (χ4n) is 3.74. The van der Waals surface area contributed by atoms with Gasteiger partial charge in [-0.15, -0.1) is 0 Å². The molecular formula is C20H21N3O. The SMILES string of the molecule is c1ccc2c3c([nH]c2c1)[C@H](c1ccc(OC2CNC2)cc1)NCC3. The van der Waals surface area contributed by atoms with Crippen molar-refractivity contribution in [3.8, 4) is 5.75 Å². The van der Waals surface area contributed by atoms with Gasteiger partial charge in [0, 0.05) is 36.2 Å². The zero-order chi connectivity index (χ0) is 15.9. The molecule has 0 saturated carbocycles. The lowest BCUT2D eigenvalue weighted by molar-refractivity contribution is 0.142. The molecule has 1 atom stereocenters. The second-order valence-electron chi connectivity index (χ2n) is 6.67. The van der Waals surface area contributed by atoms with Gasteiger partial charge in [0.05, 0.1) is 6.04 Å². The lowest BCUT2D eigenvalue weighted by atomic mass is 9.94. The van der Waals surface area contributed by atoms with Gasteiger partial charge >= 0.3 is 0 Å². The van der Waals surface area contributed by atoms with Gasteiger partial charge in [-0.05, 0) is 35.7 Å². The Balaban J connectivity index is 1.47. The predicted octanol–water partition coefficient (Wildman–Crippen LogP) is 2.75. The van der Waals surface area contributed by atoms with Crippen molar-refractivity contribution in [2.45, 2.75) is 18.6 Å². The number of aromatic nitrogens is 1. The maximum Gasteiger partial charge on any atom is 0.123 e. The number of para-hydroxylation sites is 1. The summed E-state index contributed by atoms with van der Waals surface area (Å²) in [6.45, 7) is 2.90. The summed E-state index contributed by atoms with van der Waals surface area (Å²) in [5.41, 5.74) is 5.27. The normalized spacial score (nSPS) is 20.6. The van der Waals surface area contributed by atoms with Crippen LogP contribution in [0.2, 0.25) is 0 Å². The molecule has 2 aliphatic heterocycles. The van der Waals surface area contributed by atoms with Gasteiger partial charge in [0.2, 0.25) is 0 Å². The summed E-state index contributed by atoms with van der Waals surface area (Å²) in [6.07, 6.45) is 1.40. The van der Waals surface area contributed by atoms with Gasteiger partial charge in [0.15, 0.2) is 0 Å². The number of fused-ring (bicyclic) bond motifs is 3. The number of nitrogens with one attached hydrogen (secondary N) is 3. The Bertz CT molecular complexity index is 864. The van der Waals surface area contributed by atoms with Crippen molar-refractivity contribution in [2.24, 2.45) is 0 Å². The number of rotatable bonds is 3. The van der Waals surface area contributed by atoms with Crippen molar-refractivity contribution >= 4 is 10.9 Å². The summed E-state index contributed by atoms with van der Waals surface area (Å²) < 4.78 is 5.92. The summed E-state index contributed by atoms with van der Waals surface area (Å²) in [7, 11) is 0. The molecule has 3 heterocycles. The van der Waals surface area contributed by atoms with E-state index in [1.54, 1.807) is 0 Å². The molecule has 1 aromatic heterocycles. The third-order valence-electron chi connectivity index (χ3n) is 5.12. The molecule has 1 saturated heterocycles. The molecule has 2 aromatic carbocycles. The van der Waals surface area contributed by atoms with Crippen LogP contribution in [0.5, 0.6) is 5.75 Å². The van der Waals surface area contributed by atoms with Gasteiger partial charge in [-0.2, -0.15) is 0 Å². The van der Waals surface area contributed by atoms with E-state index in [0.29, 0.717) is 6.10 Å². The number of hydrogen-bond donors (Lipinski definition) is 3. The molecule has 122 valence electrons. The Labute approximate surface area is 141 Å². The summed E-state index contributed by atoms with van der Waals surface area (Å²) in [5.74, 6) is 0.956. The molecule has 0 spiro atoms. The van der Waals surface area contributed by atoms with Crippen molar-refractivity contribution < 1.29 is 4.74 Å². The first-order valence-electron chi connectivity index (χ1n) is 8.69. The summed E-state index contributed by atoms with van der Waals surface area (Å²) in [6, 6.07) is 17.4. The van der Waals surface area contributed by atoms with Crippen LogP contribution in [-0.2, 0) is 6.42 Å². The predicted molar refractivity (Wildman–Crippen MR) is 95.6 cm³/mol. The third kappa shape index (κ3) is 2.30. The van der Waals surface area contributed by atoms with E-state index in [1.165, 1.54) is 27.7 Å². The van der Waals surface area contributed by atoms with Crippen LogP contribution in [0.1, 0.15) is 22.9 Å². The van der Waals surface area contributed by atoms with Crippen LogP contribution >= 0.6 is 0 Å². The highest BCUT2D eigenvalue weighted by Crippen LogP contribution is 2.33. The number of benzene rings is 2. The second kappa shape index (κ2) is 5.65. The summed E-state index contributed by atoms with van der Waals surface area (Å²) >= 11 is 0. The van der Waals surface area contributed by atoms with Crippen molar-refractivity contribution in [3.05, 3.63) is 65.4 Å². The van der Waals surface area contributed by atoms with E-state index in [1.807, 2.05) is 0 Å². The van der Waals surface area contributed by atoms with Crippen LogP contribution in [0.25, 0.3) is 10.9 Å². The Hall–Kier alpha value is -2.30. The van der Waals surface area contributed by atoms with Gasteiger partial charge in [-0.3, -0.25) is 0 Å². The quantitative estimate of drug-likeness (QED) is 0.696. The molecule has 4 heteroatoms. The minimum atomic E-state index is 0.223. The molecule has 0 bridgehead atoms. The van der Waals surface area contributed by atoms with Crippen molar-refractivity contribution in [2.75, 3.05) is 19.6 Å². The zero-order valence-corrected chi connectivity index (χ0v) is 13.5. The number of ether oxygens (including phenoxy) is 1. The highest BCUT2D eigenvalue weighted by Gasteiger charge is 2.25. The lowest BCUT2D eigenvalue weighted by Gasteiger charge is -2.28. The van der Waals surface area contributed by atoms with Gasteiger partial charge < -0.3 is 20.4 Å². The van der Waals surface area contributed by atoms with E-state index in [9.17, 15) is 0 Å². The molecule has 1 fully saturated rings. The van der Waals surface area contributed by atoms with E-state index >= 15 is 0 Å². The molecule has 0 amide bonds. The topological polar surface area (TPSA) is 49.1 Å². The van der Waals surface area contributed by atoms with E-state index < -0.39 is 0 Å². The molecule has 3 aromatic rings. The molecule has 3 N–H and O–H groups in total. The third-order valence-corrected chi connectivity index (χ3v) is 5.12. The lowest BCUT2D eigenvalue weighted by Crippen LogP contribution is -2.50. The van der Waals surface area contributed by atoms with Gasteiger partial charge in [-0.1, -0.05) is 30.3 Å². The second-order valence-corrected chi connectivity index (χ2v) is 6.67. The first-order valence-corrected chi connectivity index (χ1v) is 8.69. The van der Waals surface area contributed by atoms with Crippen LogP contribution in [0.15, 0.2) is 48.5 Å². The zero-order valence-electron chi connectivity index (χ0n) is 13.5. The van der Waals surface area contributed by atoms with Crippen LogP contribution in [0.3, 0.4) is 0 Å². The fraction of sp³-hybridized carbons (Fsp3) is 0.300. The van der Waals surface area contributed by atoms with E-state index in [2.05, 4.69) is 64.1 Å². The minimum absolute atomic E-state index is 0.223. The van der Waals surface area contributed by atoms with Crippen LogP contribution in [0, 0.1) is 0 Å². The van der Waals surface area contributed by atoms with Crippen molar-refractivity contribution in [1.29, 1.82) is 0 Å². The maximum absolute atomic E-state index is 5.92. The fourth-order valence-corrected chi connectivity index (χ4v) is 3.74. The highest BCUT2D eigenvalue weighted by atomic mass is 16.5.